The molecule has 1 fully saturated rings. The fraction of sp³-hybridized carbons (Fsp3) is 0.474. The van der Waals surface area contributed by atoms with E-state index >= 15 is 0 Å². The van der Waals surface area contributed by atoms with Crippen LogP contribution in [0.5, 0.6) is 11.5 Å². The molecule has 4 rings (SSSR count). The zero-order valence-corrected chi connectivity index (χ0v) is 13.6. The number of phenolic OH excluding ortho intramolecular Hbond substituents is 1. The van der Waals surface area contributed by atoms with E-state index in [2.05, 4.69) is 0 Å². The Hall–Kier alpha value is -2.30. The van der Waals surface area contributed by atoms with Crippen LogP contribution in [0.25, 0.3) is 11.0 Å². The molecule has 0 spiro atoms. The Balaban J connectivity index is 2.00. The topological polar surface area (TPSA) is 76.7 Å². The van der Waals surface area contributed by atoms with E-state index in [9.17, 15) is 14.7 Å². The van der Waals surface area contributed by atoms with Crippen LogP contribution in [0.15, 0.2) is 21.3 Å². The summed E-state index contributed by atoms with van der Waals surface area (Å²) in [4.78, 5) is 25.0. The van der Waals surface area contributed by atoms with Gasteiger partial charge in [-0.1, -0.05) is 19.8 Å². The summed E-state index contributed by atoms with van der Waals surface area (Å²) >= 11 is 0. The van der Waals surface area contributed by atoms with Gasteiger partial charge in [0, 0.05) is 12.1 Å². The highest BCUT2D eigenvalue weighted by molar-refractivity contribution is 6.12. The first-order valence-electron chi connectivity index (χ1n) is 8.63. The Morgan fingerprint density at radius 3 is 2.79 bits per heavy atom. The predicted octanol–water partition coefficient (Wildman–Crippen LogP) is 3.59. The minimum Gasteiger partial charge on any atom is -0.507 e. The molecule has 2 atom stereocenters. The van der Waals surface area contributed by atoms with E-state index in [0.717, 1.165) is 32.1 Å². The van der Waals surface area contributed by atoms with Crippen LogP contribution in [0.1, 0.15) is 54.9 Å². The van der Waals surface area contributed by atoms with Gasteiger partial charge in [-0.2, -0.15) is 0 Å². The number of carbonyl (C=O) groups is 1. The van der Waals surface area contributed by atoms with Crippen molar-refractivity contribution in [3.8, 4) is 11.5 Å². The van der Waals surface area contributed by atoms with Crippen molar-refractivity contribution in [3.05, 3.63) is 33.7 Å². The highest BCUT2D eigenvalue weighted by Crippen LogP contribution is 2.44. The molecule has 24 heavy (non-hydrogen) atoms. The SMILES string of the molecule is CCCc1cc(=O)oc2c3c(cc(O)c12)O[C@@H]1CCCC[C@@H]1C3=O. The summed E-state index contributed by atoms with van der Waals surface area (Å²) < 4.78 is 11.4. The van der Waals surface area contributed by atoms with E-state index in [1.165, 1.54) is 12.1 Å². The normalized spacial score (nSPS) is 22.8. The average Bonchev–Trinajstić information content (AvgIpc) is 2.54. The smallest absolute Gasteiger partial charge is 0.336 e. The quantitative estimate of drug-likeness (QED) is 0.853. The van der Waals surface area contributed by atoms with Gasteiger partial charge < -0.3 is 14.3 Å². The third kappa shape index (κ3) is 2.22. The Morgan fingerprint density at radius 2 is 2.00 bits per heavy atom. The standard InChI is InChI=1S/C19H20O5/c1-2-5-10-8-15(21)24-19-16(10)12(20)9-14-17(19)18(22)11-6-3-4-7-13(11)23-14/h8-9,11,13,20H,2-7H2,1H3/t11-,13+/m0/s1. The van der Waals surface area contributed by atoms with Gasteiger partial charge in [-0.05, 0) is 31.2 Å². The monoisotopic (exact) mass is 328 g/mol. The van der Waals surface area contributed by atoms with Crippen LogP contribution >= 0.6 is 0 Å². The van der Waals surface area contributed by atoms with Crippen molar-refractivity contribution < 1.29 is 19.1 Å². The zero-order valence-electron chi connectivity index (χ0n) is 13.6. The number of fused-ring (bicyclic) bond motifs is 4. The molecule has 1 aromatic heterocycles. The summed E-state index contributed by atoms with van der Waals surface area (Å²) in [5.74, 6) is 0.129. The summed E-state index contributed by atoms with van der Waals surface area (Å²) in [5, 5.41) is 10.9. The van der Waals surface area contributed by atoms with Crippen molar-refractivity contribution >= 4 is 16.8 Å². The van der Waals surface area contributed by atoms with Gasteiger partial charge in [0.15, 0.2) is 11.4 Å². The van der Waals surface area contributed by atoms with Crippen molar-refractivity contribution in [3.63, 3.8) is 0 Å². The molecular weight excluding hydrogens is 308 g/mol. The van der Waals surface area contributed by atoms with Crippen LogP contribution < -0.4 is 10.4 Å². The predicted molar refractivity (Wildman–Crippen MR) is 88.8 cm³/mol. The number of hydrogen-bond acceptors (Lipinski definition) is 5. The first kappa shape index (κ1) is 15.2. The fourth-order valence-corrected chi connectivity index (χ4v) is 4.06. The first-order chi connectivity index (χ1) is 11.6. The molecular formula is C19H20O5. The Kier molecular flexibility index (Phi) is 3.59. The third-order valence-corrected chi connectivity index (χ3v) is 5.12. The van der Waals surface area contributed by atoms with Gasteiger partial charge in [-0.25, -0.2) is 4.79 Å². The maximum Gasteiger partial charge on any atom is 0.336 e. The molecule has 2 aromatic rings. The van der Waals surface area contributed by atoms with Crippen LogP contribution in [0.3, 0.4) is 0 Å². The summed E-state index contributed by atoms with van der Waals surface area (Å²) in [6.45, 7) is 2.00. The van der Waals surface area contributed by atoms with E-state index in [1.54, 1.807) is 0 Å². The van der Waals surface area contributed by atoms with E-state index in [-0.39, 0.29) is 29.1 Å². The van der Waals surface area contributed by atoms with Crippen LogP contribution in [0, 0.1) is 5.92 Å². The van der Waals surface area contributed by atoms with Crippen molar-refractivity contribution in [2.45, 2.75) is 51.6 Å². The molecule has 1 N–H and O–H groups in total. The number of carbonyl (C=O) groups excluding carboxylic acids is 1. The highest BCUT2D eigenvalue weighted by Gasteiger charge is 2.41. The molecule has 0 bridgehead atoms. The molecule has 1 aromatic carbocycles. The number of Topliss-reactive ketones (excluding diaryl/α,β-unsaturated/α-hetero) is 1. The summed E-state index contributed by atoms with van der Waals surface area (Å²) in [7, 11) is 0. The largest absolute Gasteiger partial charge is 0.507 e. The highest BCUT2D eigenvalue weighted by atomic mass is 16.5. The first-order valence-corrected chi connectivity index (χ1v) is 8.63. The van der Waals surface area contributed by atoms with Crippen LogP contribution in [-0.2, 0) is 6.42 Å². The number of ether oxygens (including phenoxy) is 1. The van der Waals surface area contributed by atoms with Gasteiger partial charge in [0.25, 0.3) is 0 Å². The summed E-state index contributed by atoms with van der Waals surface area (Å²) in [6, 6.07) is 2.90. The van der Waals surface area contributed by atoms with Gasteiger partial charge in [-0.15, -0.1) is 0 Å². The molecule has 0 amide bonds. The minimum atomic E-state index is -0.502. The molecule has 0 unspecified atom stereocenters. The molecule has 5 heteroatoms. The molecule has 2 heterocycles. The Labute approximate surface area is 139 Å². The van der Waals surface area contributed by atoms with E-state index in [0.29, 0.717) is 28.7 Å². The van der Waals surface area contributed by atoms with Crippen LogP contribution in [0.4, 0.5) is 0 Å². The van der Waals surface area contributed by atoms with E-state index in [1.807, 2.05) is 6.92 Å². The molecule has 126 valence electrons. The second kappa shape index (κ2) is 5.65. The number of phenols is 1. The van der Waals surface area contributed by atoms with Gasteiger partial charge in [0.05, 0.1) is 11.3 Å². The summed E-state index contributed by atoms with van der Waals surface area (Å²) in [6.07, 6.45) is 5.01. The maximum atomic E-state index is 13.0. The number of benzene rings is 1. The maximum absolute atomic E-state index is 13.0. The van der Waals surface area contributed by atoms with Gasteiger partial charge >= 0.3 is 5.63 Å². The molecule has 0 radical (unpaired) electrons. The van der Waals surface area contributed by atoms with Crippen molar-refractivity contribution in [1.29, 1.82) is 0 Å². The Bertz CT molecular complexity index is 879. The number of rotatable bonds is 2. The van der Waals surface area contributed by atoms with Crippen molar-refractivity contribution in [2.24, 2.45) is 5.92 Å². The Morgan fingerprint density at radius 1 is 1.21 bits per heavy atom. The van der Waals surface area contributed by atoms with Gasteiger partial charge in [0.1, 0.15) is 23.2 Å². The van der Waals surface area contributed by atoms with Crippen LogP contribution in [0.2, 0.25) is 0 Å². The number of aryl methyl sites for hydroxylation is 1. The lowest BCUT2D eigenvalue weighted by Crippen LogP contribution is -2.40. The van der Waals surface area contributed by atoms with Crippen molar-refractivity contribution in [2.75, 3.05) is 0 Å². The molecule has 1 aliphatic heterocycles. The van der Waals surface area contributed by atoms with Gasteiger partial charge in [-0.3, -0.25) is 4.79 Å². The molecule has 5 nitrogen and oxygen atoms in total. The number of aromatic hydroxyl groups is 1. The average molecular weight is 328 g/mol. The van der Waals surface area contributed by atoms with Crippen LogP contribution in [-0.4, -0.2) is 17.0 Å². The lowest BCUT2D eigenvalue weighted by atomic mass is 9.79. The zero-order chi connectivity index (χ0) is 16.8. The second-order valence-corrected chi connectivity index (χ2v) is 6.73. The summed E-state index contributed by atoms with van der Waals surface area (Å²) in [5.41, 5.74) is 0.705. The second-order valence-electron chi connectivity index (χ2n) is 6.73. The number of hydrogen-bond donors (Lipinski definition) is 1. The molecule has 1 saturated carbocycles. The number of ketones is 1. The van der Waals surface area contributed by atoms with E-state index < -0.39 is 5.63 Å². The molecule has 0 saturated heterocycles. The molecule has 2 aliphatic rings. The molecule has 1 aliphatic carbocycles. The minimum absolute atomic E-state index is 0.00184. The van der Waals surface area contributed by atoms with E-state index in [4.69, 9.17) is 9.15 Å². The lowest BCUT2D eigenvalue weighted by molar-refractivity contribution is 0.0525. The van der Waals surface area contributed by atoms with Gasteiger partial charge in [0.2, 0.25) is 0 Å². The lowest BCUT2D eigenvalue weighted by Gasteiger charge is -2.35. The third-order valence-electron chi connectivity index (χ3n) is 5.12. The fourth-order valence-electron chi connectivity index (χ4n) is 4.06. The van der Waals surface area contributed by atoms with Crippen molar-refractivity contribution in [1.82, 2.24) is 0 Å².